The fourth-order valence-electron chi connectivity index (χ4n) is 2.74. The van der Waals surface area contributed by atoms with Crippen molar-refractivity contribution in [1.82, 2.24) is 9.55 Å². The molecule has 1 atom stereocenters. The van der Waals surface area contributed by atoms with Crippen LogP contribution in [-0.2, 0) is 7.05 Å². The highest BCUT2D eigenvalue weighted by atomic mass is 79.9. The highest BCUT2D eigenvalue weighted by Gasteiger charge is 2.31. The van der Waals surface area contributed by atoms with E-state index < -0.39 is 5.92 Å². The molecule has 0 saturated heterocycles. The summed E-state index contributed by atoms with van der Waals surface area (Å²) in [6, 6.07) is 9.64. The smallest absolute Gasteiger partial charge is 0.192 e. The highest BCUT2D eigenvalue weighted by molar-refractivity contribution is 9.10. The van der Waals surface area contributed by atoms with Gasteiger partial charge in [-0.05, 0) is 41.9 Å². The van der Waals surface area contributed by atoms with Crippen LogP contribution in [0.15, 0.2) is 33.2 Å². The predicted octanol–water partition coefficient (Wildman–Crippen LogP) is 4.04. The van der Waals surface area contributed by atoms with E-state index in [1.165, 1.54) is 0 Å². The summed E-state index contributed by atoms with van der Waals surface area (Å²) in [5.41, 5.74) is 2.05. The first kappa shape index (κ1) is 15.5. The average molecular weight is 372 g/mol. The third-order valence-electron chi connectivity index (χ3n) is 3.90. The lowest BCUT2D eigenvalue weighted by Crippen LogP contribution is -2.16. The van der Waals surface area contributed by atoms with Crippen LogP contribution in [0.3, 0.4) is 0 Å². The average Bonchev–Trinajstić information content (AvgIpc) is 2.98. The number of halogens is 1. The topological polar surface area (TPSA) is 71.8 Å². The number of nitrogens with zero attached hydrogens (tertiary/aromatic N) is 3. The van der Waals surface area contributed by atoms with Crippen LogP contribution >= 0.6 is 15.9 Å². The van der Waals surface area contributed by atoms with Gasteiger partial charge in [0.15, 0.2) is 11.7 Å². The number of hydrogen-bond donors (Lipinski definition) is 0. The summed E-state index contributed by atoms with van der Waals surface area (Å²) in [7, 11) is 1.81. The third kappa shape index (κ3) is 2.37. The zero-order valence-corrected chi connectivity index (χ0v) is 14.5. The highest BCUT2D eigenvalue weighted by Crippen LogP contribution is 2.32. The molecule has 6 heteroatoms. The van der Waals surface area contributed by atoms with Crippen molar-refractivity contribution in [3.8, 4) is 6.07 Å². The number of nitriles is 1. The van der Waals surface area contributed by atoms with Gasteiger partial charge in [0.25, 0.3) is 0 Å². The van der Waals surface area contributed by atoms with Crippen molar-refractivity contribution in [3.63, 3.8) is 0 Å². The Balaban J connectivity index is 2.14. The number of aromatic nitrogens is 2. The van der Waals surface area contributed by atoms with Gasteiger partial charge in [0.05, 0.1) is 27.1 Å². The van der Waals surface area contributed by atoms with Crippen molar-refractivity contribution < 1.29 is 9.21 Å². The van der Waals surface area contributed by atoms with Gasteiger partial charge in [0, 0.05) is 7.05 Å². The minimum Gasteiger partial charge on any atom is -0.465 e. The van der Waals surface area contributed by atoms with Crippen molar-refractivity contribution in [2.24, 2.45) is 7.05 Å². The molecule has 5 nitrogen and oxygen atoms in total. The lowest BCUT2D eigenvalue weighted by Gasteiger charge is -2.08. The summed E-state index contributed by atoms with van der Waals surface area (Å²) in [4.78, 5) is 17.4. The summed E-state index contributed by atoms with van der Waals surface area (Å²) >= 11 is 3.37. The Bertz CT molecular complexity index is 962. The van der Waals surface area contributed by atoms with E-state index in [0.29, 0.717) is 27.4 Å². The van der Waals surface area contributed by atoms with Crippen molar-refractivity contribution in [2.75, 3.05) is 0 Å². The molecule has 2 aromatic heterocycles. The molecule has 0 N–H and O–H groups in total. The van der Waals surface area contributed by atoms with E-state index >= 15 is 0 Å². The van der Waals surface area contributed by atoms with Gasteiger partial charge in [-0.15, -0.1) is 0 Å². The number of imidazole rings is 1. The number of para-hydroxylation sites is 2. The van der Waals surface area contributed by atoms with E-state index in [1.807, 2.05) is 31.3 Å². The van der Waals surface area contributed by atoms with Crippen LogP contribution < -0.4 is 0 Å². The Hall–Kier alpha value is -2.39. The number of benzene rings is 1. The van der Waals surface area contributed by atoms with Gasteiger partial charge in [-0.1, -0.05) is 12.1 Å². The number of rotatable bonds is 3. The van der Waals surface area contributed by atoms with Gasteiger partial charge < -0.3 is 8.98 Å². The van der Waals surface area contributed by atoms with Crippen molar-refractivity contribution >= 4 is 32.7 Å². The van der Waals surface area contributed by atoms with Crippen molar-refractivity contribution in [2.45, 2.75) is 19.8 Å². The van der Waals surface area contributed by atoms with Crippen LogP contribution in [0.2, 0.25) is 0 Å². The van der Waals surface area contributed by atoms with E-state index in [9.17, 15) is 10.1 Å². The predicted molar refractivity (Wildman–Crippen MR) is 89.3 cm³/mol. The lowest BCUT2D eigenvalue weighted by molar-refractivity contribution is 0.0973. The number of Topliss-reactive ketones (excluding diaryl/α,β-unsaturated/α-hetero) is 1. The fourth-order valence-corrected chi connectivity index (χ4v) is 3.29. The number of fused-ring (bicyclic) bond motifs is 1. The minimum absolute atomic E-state index is 0.313. The summed E-state index contributed by atoms with van der Waals surface area (Å²) in [6.45, 7) is 3.48. The monoisotopic (exact) mass is 371 g/mol. The second-order valence-electron chi connectivity index (χ2n) is 5.35. The molecular formula is C17H14BrN3O2. The quantitative estimate of drug-likeness (QED) is 0.651. The van der Waals surface area contributed by atoms with Gasteiger partial charge in [0.1, 0.15) is 17.3 Å². The van der Waals surface area contributed by atoms with E-state index in [0.717, 1.165) is 11.0 Å². The van der Waals surface area contributed by atoms with Gasteiger partial charge in [-0.2, -0.15) is 5.26 Å². The Morgan fingerprint density at radius 3 is 2.61 bits per heavy atom. The first-order valence-corrected chi connectivity index (χ1v) is 7.85. The Labute approximate surface area is 141 Å². The SMILES string of the molecule is Cc1oc(C)c(C(=O)C(C#N)c2nc3ccccc3n2C)c1Br. The zero-order chi connectivity index (χ0) is 16.7. The summed E-state index contributed by atoms with van der Waals surface area (Å²) in [6.07, 6.45) is 0. The van der Waals surface area contributed by atoms with Gasteiger partial charge in [0.2, 0.25) is 0 Å². The zero-order valence-electron chi connectivity index (χ0n) is 12.9. The van der Waals surface area contributed by atoms with Crippen LogP contribution in [0, 0.1) is 25.2 Å². The third-order valence-corrected chi connectivity index (χ3v) is 4.86. The summed E-state index contributed by atoms with van der Waals surface area (Å²) in [5.74, 6) is 0.251. The summed E-state index contributed by atoms with van der Waals surface area (Å²) in [5, 5.41) is 9.58. The van der Waals surface area contributed by atoms with Crippen molar-refractivity contribution in [3.05, 3.63) is 51.6 Å². The van der Waals surface area contributed by atoms with Crippen LogP contribution in [0.5, 0.6) is 0 Å². The molecule has 2 heterocycles. The normalized spacial score (nSPS) is 12.3. The summed E-state index contributed by atoms with van der Waals surface area (Å²) < 4.78 is 7.87. The lowest BCUT2D eigenvalue weighted by atomic mass is 9.98. The van der Waals surface area contributed by atoms with Crippen LogP contribution in [0.25, 0.3) is 11.0 Å². The Morgan fingerprint density at radius 2 is 2.04 bits per heavy atom. The minimum atomic E-state index is -0.987. The molecular weight excluding hydrogens is 358 g/mol. The van der Waals surface area contributed by atoms with E-state index in [2.05, 4.69) is 27.0 Å². The molecule has 3 aromatic rings. The first-order chi connectivity index (χ1) is 11.0. The van der Waals surface area contributed by atoms with Crippen LogP contribution in [-0.4, -0.2) is 15.3 Å². The number of carbonyl (C=O) groups excluding carboxylic acids is 1. The van der Waals surface area contributed by atoms with Crippen LogP contribution in [0.1, 0.15) is 33.6 Å². The first-order valence-electron chi connectivity index (χ1n) is 7.06. The second-order valence-corrected chi connectivity index (χ2v) is 6.14. The van der Waals surface area contributed by atoms with Gasteiger partial charge in [-0.25, -0.2) is 4.98 Å². The molecule has 0 amide bonds. The molecule has 1 aromatic carbocycles. The number of furan rings is 1. The number of ketones is 1. The number of aryl methyl sites for hydroxylation is 3. The Morgan fingerprint density at radius 1 is 1.35 bits per heavy atom. The molecule has 116 valence electrons. The number of carbonyl (C=O) groups is 1. The molecule has 0 radical (unpaired) electrons. The fraction of sp³-hybridized carbons (Fsp3) is 0.235. The molecule has 0 saturated carbocycles. The Kier molecular flexibility index (Phi) is 3.82. The van der Waals surface area contributed by atoms with Crippen molar-refractivity contribution in [1.29, 1.82) is 5.26 Å². The molecule has 0 bridgehead atoms. The maximum Gasteiger partial charge on any atom is 0.192 e. The standard InChI is InChI=1S/C17H14BrN3O2/c1-9-14(15(18)10(2)23-9)16(22)11(8-19)17-20-12-6-4-5-7-13(12)21(17)3/h4-7,11H,1-3H3. The molecule has 0 aliphatic rings. The molecule has 0 spiro atoms. The molecule has 1 unspecified atom stereocenters. The largest absolute Gasteiger partial charge is 0.465 e. The van der Waals surface area contributed by atoms with Gasteiger partial charge >= 0.3 is 0 Å². The molecule has 23 heavy (non-hydrogen) atoms. The van der Waals surface area contributed by atoms with E-state index in [1.54, 1.807) is 18.4 Å². The number of hydrogen-bond acceptors (Lipinski definition) is 4. The van der Waals surface area contributed by atoms with Gasteiger partial charge in [-0.3, -0.25) is 4.79 Å². The molecule has 0 aliphatic carbocycles. The second kappa shape index (κ2) is 5.67. The maximum atomic E-state index is 12.9. The molecule has 3 rings (SSSR count). The van der Waals surface area contributed by atoms with E-state index in [4.69, 9.17) is 4.42 Å². The molecule has 0 fully saturated rings. The maximum absolute atomic E-state index is 12.9. The van der Waals surface area contributed by atoms with E-state index in [-0.39, 0.29) is 5.78 Å². The van der Waals surface area contributed by atoms with Crippen LogP contribution in [0.4, 0.5) is 0 Å². The molecule has 0 aliphatic heterocycles.